The van der Waals surface area contributed by atoms with Crippen molar-refractivity contribution in [3.63, 3.8) is 0 Å². The highest BCUT2D eigenvalue weighted by molar-refractivity contribution is 6.53. The molecular weight excluding hydrogens is 553 g/mol. The van der Waals surface area contributed by atoms with Gasteiger partial charge < -0.3 is 15.4 Å². The maximum absolute atomic E-state index is 13.2. The zero-order valence-electron chi connectivity index (χ0n) is 20.1. The standard InChI is InChI=1S/C27H20Cl3N3O5/c1-14(2)38-27(37)16-6-4-8-19(12-16)33-25(35)22(30)23(26(33)36)31-18-7-3-5-15(11-18)24(34)32-21-10-9-17(28)13-20(21)29/h3-14,31H,1-2H3,(H,32,34). The molecule has 1 heterocycles. The normalized spacial score (nSPS) is 13.3. The van der Waals surface area contributed by atoms with E-state index in [2.05, 4.69) is 10.6 Å². The van der Waals surface area contributed by atoms with E-state index in [0.29, 0.717) is 16.4 Å². The molecule has 3 aromatic carbocycles. The third-order valence-electron chi connectivity index (χ3n) is 5.28. The first kappa shape index (κ1) is 27.2. The van der Waals surface area contributed by atoms with Gasteiger partial charge in [-0.25, -0.2) is 9.69 Å². The molecular formula is C27H20Cl3N3O5. The average molecular weight is 573 g/mol. The van der Waals surface area contributed by atoms with Crippen molar-refractivity contribution in [2.45, 2.75) is 20.0 Å². The van der Waals surface area contributed by atoms with Gasteiger partial charge in [0.05, 0.1) is 28.1 Å². The lowest BCUT2D eigenvalue weighted by molar-refractivity contribution is -0.120. The fraction of sp³-hybridized carbons (Fsp3) is 0.111. The molecule has 38 heavy (non-hydrogen) atoms. The van der Waals surface area contributed by atoms with E-state index >= 15 is 0 Å². The highest BCUT2D eigenvalue weighted by Gasteiger charge is 2.39. The quantitative estimate of drug-likeness (QED) is 0.256. The molecule has 4 rings (SSSR count). The number of hydrogen-bond donors (Lipinski definition) is 2. The summed E-state index contributed by atoms with van der Waals surface area (Å²) in [6, 6.07) is 16.8. The number of halogens is 3. The van der Waals surface area contributed by atoms with E-state index in [9.17, 15) is 19.2 Å². The summed E-state index contributed by atoms with van der Waals surface area (Å²) in [5.41, 5.74) is 1.12. The van der Waals surface area contributed by atoms with Crippen molar-refractivity contribution in [1.82, 2.24) is 0 Å². The Balaban J connectivity index is 1.53. The largest absolute Gasteiger partial charge is 0.459 e. The Morgan fingerprint density at radius 2 is 1.58 bits per heavy atom. The molecule has 3 amide bonds. The van der Waals surface area contributed by atoms with Crippen LogP contribution in [-0.2, 0) is 14.3 Å². The molecule has 0 unspecified atom stereocenters. The van der Waals surface area contributed by atoms with Gasteiger partial charge >= 0.3 is 5.97 Å². The number of anilines is 3. The molecule has 1 aliphatic rings. The van der Waals surface area contributed by atoms with Gasteiger partial charge in [-0.05, 0) is 68.4 Å². The third-order valence-corrected chi connectivity index (χ3v) is 6.18. The minimum absolute atomic E-state index is 0.154. The van der Waals surface area contributed by atoms with Crippen LogP contribution in [0.25, 0.3) is 0 Å². The van der Waals surface area contributed by atoms with E-state index in [1.807, 2.05) is 0 Å². The van der Waals surface area contributed by atoms with E-state index in [1.165, 1.54) is 36.4 Å². The fourth-order valence-electron chi connectivity index (χ4n) is 3.57. The zero-order chi connectivity index (χ0) is 27.6. The number of rotatable bonds is 7. The fourth-order valence-corrected chi connectivity index (χ4v) is 4.24. The first-order valence-corrected chi connectivity index (χ1v) is 12.4. The van der Waals surface area contributed by atoms with Gasteiger partial charge in [-0.2, -0.15) is 0 Å². The van der Waals surface area contributed by atoms with Gasteiger partial charge in [0.25, 0.3) is 17.7 Å². The predicted octanol–water partition coefficient (Wildman–Crippen LogP) is 6.25. The molecule has 194 valence electrons. The number of carbonyl (C=O) groups excluding carboxylic acids is 4. The van der Waals surface area contributed by atoms with Crippen LogP contribution in [-0.4, -0.2) is 29.8 Å². The van der Waals surface area contributed by atoms with Crippen LogP contribution in [0.5, 0.6) is 0 Å². The van der Waals surface area contributed by atoms with Gasteiger partial charge in [0, 0.05) is 16.3 Å². The van der Waals surface area contributed by atoms with Crippen molar-refractivity contribution in [2.24, 2.45) is 0 Å². The van der Waals surface area contributed by atoms with Crippen molar-refractivity contribution >= 4 is 75.6 Å². The monoisotopic (exact) mass is 571 g/mol. The summed E-state index contributed by atoms with van der Waals surface area (Å²) >= 11 is 18.3. The van der Waals surface area contributed by atoms with Crippen LogP contribution in [0.2, 0.25) is 10.0 Å². The summed E-state index contributed by atoms with van der Waals surface area (Å²) in [5, 5.41) is 5.88. The van der Waals surface area contributed by atoms with Crippen LogP contribution in [0.4, 0.5) is 17.1 Å². The SMILES string of the molecule is CC(C)OC(=O)c1cccc(N2C(=O)C(Cl)=C(Nc3cccc(C(=O)Nc4ccc(Cl)cc4Cl)c3)C2=O)c1. The maximum Gasteiger partial charge on any atom is 0.338 e. The molecule has 0 spiro atoms. The van der Waals surface area contributed by atoms with Gasteiger partial charge in [0.2, 0.25) is 0 Å². The number of ether oxygens (including phenoxy) is 1. The molecule has 2 N–H and O–H groups in total. The second kappa shape index (κ2) is 11.3. The molecule has 0 fully saturated rings. The second-order valence-corrected chi connectivity index (χ2v) is 9.64. The predicted molar refractivity (Wildman–Crippen MR) is 147 cm³/mol. The number of nitrogens with zero attached hydrogens (tertiary/aromatic N) is 1. The van der Waals surface area contributed by atoms with E-state index in [1.54, 1.807) is 44.2 Å². The molecule has 0 saturated heterocycles. The van der Waals surface area contributed by atoms with Crippen LogP contribution in [0, 0.1) is 0 Å². The molecule has 0 aromatic heterocycles. The van der Waals surface area contributed by atoms with E-state index in [0.717, 1.165) is 4.90 Å². The summed E-state index contributed by atoms with van der Waals surface area (Å²) in [4.78, 5) is 52.0. The first-order valence-electron chi connectivity index (χ1n) is 11.3. The number of esters is 1. The lowest BCUT2D eigenvalue weighted by Crippen LogP contribution is -2.32. The van der Waals surface area contributed by atoms with Gasteiger partial charge in [-0.1, -0.05) is 46.9 Å². The Hall–Kier alpha value is -3.85. The van der Waals surface area contributed by atoms with Crippen molar-refractivity contribution in [1.29, 1.82) is 0 Å². The summed E-state index contributed by atoms with van der Waals surface area (Å²) in [6.45, 7) is 3.42. The minimum atomic E-state index is -0.764. The summed E-state index contributed by atoms with van der Waals surface area (Å²) < 4.78 is 5.19. The van der Waals surface area contributed by atoms with Crippen molar-refractivity contribution in [3.05, 3.63) is 98.6 Å². The molecule has 3 aromatic rings. The smallest absolute Gasteiger partial charge is 0.338 e. The van der Waals surface area contributed by atoms with Crippen molar-refractivity contribution in [2.75, 3.05) is 15.5 Å². The Labute approximate surface area is 233 Å². The third kappa shape index (κ3) is 5.83. The number of carbonyl (C=O) groups is 4. The Kier molecular flexibility index (Phi) is 8.06. The number of benzene rings is 3. The number of nitrogens with one attached hydrogen (secondary N) is 2. The summed E-state index contributed by atoms with van der Waals surface area (Å²) in [5.74, 6) is -2.54. The molecule has 0 bridgehead atoms. The molecule has 1 aliphatic heterocycles. The molecule has 0 atom stereocenters. The van der Waals surface area contributed by atoms with Gasteiger partial charge in [0.15, 0.2) is 0 Å². The van der Waals surface area contributed by atoms with E-state index in [-0.39, 0.29) is 38.7 Å². The zero-order valence-corrected chi connectivity index (χ0v) is 22.3. The van der Waals surface area contributed by atoms with Crippen LogP contribution >= 0.6 is 34.8 Å². The topological polar surface area (TPSA) is 105 Å². The first-order chi connectivity index (χ1) is 18.0. The lowest BCUT2D eigenvalue weighted by Gasteiger charge is -2.16. The molecule has 11 heteroatoms. The highest BCUT2D eigenvalue weighted by atomic mass is 35.5. The second-order valence-electron chi connectivity index (χ2n) is 8.42. The minimum Gasteiger partial charge on any atom is -0.459 e. The Morgan fingerprint density at radius 3 is 2.29 bits per heavy atom. The van der Waals surface area contributed by atoms with E-state index in [4.69, 9.17) is 39.5 Å². The van der Waals surface area contributed by atoms with Crippen molar-refractivity contribution in [3.8, 4) is 0 Å². The Bertz CT molecular complexity index is 1500. The lowest BCUT2D eigenvalue weighted by atomic mass is 10.1. The van der Waals surface area contributed by atoms with Gasteiger partial charge in [0.1, 0.15) is 10.7 Å². The Morgan fingerprint density at radius 1 is 0.868 bits per heavy atom. The van der Waals surface area contributed by atoms with Crippen LogP contribution in [0.15, 0.2) is 77.5 Å². The number of hydrogen-bond acceptors (Lipinski definition) is 6. The van der Waals surface area contributed by atoms with Crippen LogP contribution < -0.4 is 15.5 Å². The molecule has 0 aliphatic carbocycles. The summed E-state index contributed by atoms with van der Waals surface area (Å²) in [7, 11) is 0. The maximum atomic E-state index is 13.2. The average Bonchev–Trinajstić information content (AvgIpc) is 3.08. The van der Waals surface area contributed by atoms with Gasteiger partial charge in [-0.3, -0.25) is 14.4 Å². The van der Waals surface area contributed by atoms with E-state index < -0.39 is 23.7 Å². The molecule has 8 nitrogen and oxygen atoms in total. The number of imide groups is 1. The molecule has 0 radical (unpaired) electrons. The van der Waals surface area contributed by atoms with Crippen molar-refractivity contribution < 1.29 is 23.9 Å². The van der Waals surface area contributed by atoms with Gasteiger partial charge in [-0.15, -0.1) is 0 Å². The molecule has 0 saturated carbocycles. The number of amides is 3. The van der Waals surface area contributed by atoms with Crippen LogP contribution in [0.3, 0.4) is 0 Å². The van der Waals surface area contributed by atoms with Crippen LogP contribution in [0.1, 0.15) is 34.6 Å². The summed E-state index contributed by atoms with van der Waals surface area (Å²) in [6.07, 6.45) is -0.339. The highest BCUT2D eigenvalue weighted by Crippen LogP contribution is 2.31.